The summed E-state index contributed by atoms with van der Waals surface area (Å²) in [4.78, 5) is 25.8. The van der Waals surface area contributed by atoms with E-state index in [1.54, 1.807) is 24.0 Å². The lowest BCUT2D eigenvalue weighted by Crippen LogP contribution is -2.37. The number of carbonyl (C=O) groups excluding carboxylic acids is 2. The van der Waals surface area contributed by atoms with E-state index in [1.807, 2.05) is 32.0 Å². The van der Waals surface area contributed by atoms with Crippen LogP contribution in [-0.2, 0) is 4.79 Å². The van der Waals surface area contributed by atoms with E-state index in [9.17, 15) is 9.59 Å². The maximum Gasteiger partial charge on any atom is 0.233 e. The molecule has 0 bridgehead atoms. The zero-order valence-corrected chi connectivity index (χ0v) is 10.6. The number of rotatable bonds is 5. The summed E-state index contributed by atoms with van der Waals surface area (Å²) in [5.41, 5.74) is 0.598. The number of hydrogen-bond acceptors (Lipinski definition) is 2. The largest absolute Gasteiger partial charge is 0.343 e. The molecule has 0 aliphatic heterocycles. The maximum atomic E-state index is 12.1. The summed E-state index contributed by atoms with van der Waals surface area (Å²) >= 11 is 0. The van der Waals surface area contributed by atoms with E-state index in [0.29, 0.717) is 18.7 Å². The Balaban J connectivity index is 2.80. The van der Waals surface area contributed by atoms with Crippen LogP contribution in [0.1, 0.15) is 31.1 Å². The minimum atomic E-state index is -0.600. The lowest BCUT2D eigenvalue weighted by Gasteiger charge is -2.22. The van der Waals surface area contributed by atoms with Gasteiger partial charge in [0.1, 0.15) is 0 Å². The molecule has 1 rings (SSSR count). The van der Waals surface area contributed by atoms with Gasteiger partial charge < -0.3 is 4.90 Å². The highest BCUT2D eigenvalue weighted by Crippen LogP contribution is 2.11. The van der Waals surface area contributed by atoms with Gasteiger partial charge in [-0.2, -0.15) is 0 Å². The Morgan fingerprint density at radius 2 is 1.65 bits per heavy atom. The molecule has 1 unspecified atom stereocenters. The molecular weight excluding hydrogens is 214 g/mol. The van der Waals surface area contributed by atoms with Crippen molar-refractivity contribution in [3.8, 4) is 0 Å². The zero-order chi connectivity index (χ0) is 12.8. The number of amides is 1. The molecule has 1 atom stereocenters. The van der Waals surface area contributed by atoms with Crippen LogP contribution in [0.15, 0.2) is 30.3 Å². The molecule has 0 fully saturated rings. The van der Waals surface area contributed by atoms with Gasteiger partial charge in [-0.3, -0.25) is 9.59 Å². The van der Waals surface area contributed by atoms with Crippen molar-refractivity contribution in [3.63, 3.8) is 0 Å². The Hall–Kier alpha value is -1.64. The molecule has 1 amide bonds. The van der Waals surface area contributed by atoms with Gasteiger partial charge in [0, 0.05) is 18.7 Å². The van der Waals surface area contributed by atoms with Gasteiger partial charge in [-0.1, -0.05) is 30.3 Å². The molecule has 1 aromatic rings. The van der Waals surface area contributed by atoms with Gasteiger partial charge in [0.2, 0.25) is 5.91 Å². The van der Waals surface area contributed by atoms with Crippen molar-refractivity contribution in [3.05, 3.63) is 35.9 Å². The van der Waals surface area contributed by atoms with Crippen molar-refractivity contribution in [2.75, 3.05) is 13.1 Å². The minimum absolute atomic E-state index is 0.0937. The monoisotopic (exact) mass is 233 g/mol. The van der Waals surface area contributed by atoms with Crippen LogP contribution in [0, 0.1) is 5.92 Å². The molecule has 0 saturated carbocycles. The van der Waals surface area contributed by atoms with Crippen molar-refractivity contribution in [1.29, 1.82) is 0 Å². The first-order valence-corrected chi connectivity index (χ1v) is 5.99. The SMILES string of the molecule is CCN(CC)C(=O)C(C)C(=O)c1ccccc1. The van der Waals surface area contributed by atoms with Gasteiger partial charge >= 0.3 is 0 Å². The third-order valence-electron chi connectivity index (χ3n) is 2.90. The van der Waals surface area contributed by atoms with Crippen LogP contribution in [0.4, 0.5) is 0 Å². The Bertz CT molecular complexity index is 382. The molecule has 17 heavy (non-hydrogen) atoms. The molecule has 0 aromatic heterocycles. The minimum Gasteiger partial charge on any atom is -0.343 e. The third-order valence-corrected chi connectivity index (χ3v) is 2.90. The van der Waals surface area contributed by atoms with E-state index in [2.05, 4.69) is 0 Å². The van der Waals surface area contributed by atoms with Gasteiger partial charge in [0.05, 0.1) is 5.92 Å². The second kappa shape index (κ2) is 6.18. The molecule has 3 nitrogen and oxygen atoms in total. The average Bonchev–Trinajstić information content (AvgIpc) is 2.39. The molecule has 92 valence electrons. The average molecular weight is 233 g/mol. The van der Waals surface area contributed by atoms with Crippen LogP contribution in [0.5, 0.6) is 0 Å². The van der Waals surface area contributed by atoms with Crippen LogP contribution >= 0.6 is 0 Å². The van der Waals surface area contributed by atoms with Gasteiger partial charge in [-0.25, -0.2) is 0 Å². The summed E-state index contributed by atoms with van der Waals surface area (Å²) in [5, 5.41) is 0. The molecule has 3 heteroatoms. The zero-order valence-electron chi connectivity index (χ0n) is 10.6. The van der Waals surface area contributed by atoms with Crippen LogP contribution < -0.4 is 0 Å². The fourth-order valence-corrected chi connectivity index (χ4v) is 1.77. The lowest BCUT2D eigenvalue weighted by molar-refractivity contribution is -0.133. The fourth-order valence-electron chi connectivity index (χ4n) is 1.77. The summed E-state index contributed by atoms with van der Waals surface area (Å²) in [6.45, 7) is 6.79. The van der Waals surface area contributed by atoms with E-state index in [-0.39, 0.29) is 11.7 Å². The van der Waals surface area contributed by atoms with Gasteiger partial charge in [0.25, 0.3) is 0 Å². The smallest absolute Gasteiger partial charge is 0.233 e. The standard InChI is InChI=1S/C14H19NO2/c1-4-15(5-2)14(17)11(3)13(16)12-9-7-6-8-10-12/h6-11H,4-5H2,1-3H3. The van der Waals surface area contributed by atoms with Crippen molar-refractivity contribution < 1.29 is 9.59 Å². The summed E-state index contributed by atoms with van der Waals surface area (Å²) in [7, 11) is 0. The van der Waals surface area contributed by atoms with Crippen molar-refractivity contribution in [1.82, 2.24) is 4.90 Å². The van der Waals surface area contributed by atoms with Crippen molar-refractivity contribution in [2.45, 2.75) is 20.8 Å². The number of Topliss-reactive ketones (excluding diaryl/α,β-unsaturated/α-hetero) is 1. The Morgan fingerprint density at radius 1 is 1.12 bits per heavy atom. The molecular formula is C14H19NO2. The first kappa shape index (κ1) is 13.4. The van der Waals surface area contributed by atoms with E-state index < -0.39 is 5.92 Å². The highest BCUT2D eigenvalue weighted by atomic mass is 16.2. The van der Waals surface area contributed by atoms with Gasteiger partial charge in [-0.15, -0.1) is 0 Å². The Labute approximate surface area is 102 Å². The summed E-state index contributed by atoms with van der Waals surface area (Å²) in [6, 6.07) is 8.96. The Kier molecular flexibility index (Phi) is 4.88. The molecule has 0 heterocycles. The molecule has 0 aliphatic rings. The molecule has 0 aliphatic carbocycles. The second-order valence-electron chi connectivity index (χ2n) is 3.96. The molecule has 0 spiro atoms. The number of ketones is 1. The molecule has 0 N–H and O–H groups in total. The highest BCUT2D eigenvalue weighted by molar-refractivity contribution is 6.09. The lowest BCUT2D eigenvalue weighted by atomic mass is 9.98. The van der Waals surface area contributed by atoms with Crippen molar-refractivity contribution in [2.24, 2.45) is 5.92 Å². The first-order valence-electron chi connectivity index (χ1n) is 5.99. The third kappa shape index (κ3) is 3.16. The first-order chi connectivity index (χ1) is 8.11. The second-order valence-corrected chi connectivity index (χ2v) is 3.96. The summed E-state index contributed by atoms with van der Waals surface area (Å²) in [5.74, 6) is -0.802. The van der Waals surface area contributed by atoms with E-state index in [1.165, 1.54) is 0 Å². The quantitative estimate of drug-likeness (QED) is 0.578. The maximum absolute atomic E-state index is 12.1. The van der Waals surface area contributed by atoms with Gasteiger partial charge in [0.15, 0.2) is 5.78 Å². The van der Waals surface area contributed by atoms with Crippen LogP contribution in [0.25, 0.3) is 0 Å². The number of benzene rings is 1. The van der Waals surface area contributed by atoms with Crippen LogP contribution in [0.3, 0.4) is 0 Å². The number of nitrogens with zero attached hydrogens (tertiary/aromatic N) is 1. The number of hydrogen-bond donors (Lipinski definition) is 0. The van der Waals surface area contributed by atoms with Crippen molar-refractivity contribution >= 4 is 11.7 Å². The number of carbonyl (C=O) groups is 2. The summed E-state index contributed by atoms with van der Waals surface area (Å²) in [6.07, 6.45) is 0. The Morgan fingerprint density at radius 3 is 2.12 bits per heavy atom. The topological polar surface area (TPSA) is 37.4 Å². The van der Waals surface area contributed by atoms with E-state index in [0.717, 1.165) is 0 Å². The van der Waals surface area contributed by atoms with Crippen LogP contribution in [-0.4, -0.2) is 29.7 Å². The highest BCUT2D eigenvalue weighted by Gasteiger charge is 2.25. The molecule has 1 aromatic carbocycles. The fraction of sp³-hybridized carbons (Fsp3) is 0.429. The molecule has 0 saturated heterocycles. The van der Waals surface area contributed by atoms with E-state index >= 15 is 0 Å². The predicted molar refractivity (Wildman–Crippen MR) is 67.9 cm³/mol. The summed E-state index contributed by atoms with van der Waals surface area (Å²) < 4.78 is 0. The normalized spacial score (nSPS) is 11.9. The predicted octanol–water partition coefficient (Wildman–Crippen LogP) is 2.37. The van der Waals surface area contributed by atoms with Gasteiger partial charge in [-0.05, 0) is 20.8 Å². The molecule has 0 radical (unpaired) electrons. The van der Waals surface area contributed by atoms with Crippen LogP contribution in [0.2, 0.25) is 0 Å². The van der Waals surface area contributed by atoms with E-state index in [4.69, 9.17) is 0 Å².